The van der Waals surface area contributed by atoms with Crippen molar-refractivity contribution < 1.29 is 0 Å². The predicted molar refractivity (Wildman–Crippen MR) is 78.6 cm³/mol. The Balaban J connectivity index is 1.87. The van der Waals surface area contributed by atoms with Gasteiger partial charge in [-0.3, -0.25) is 0 Å². The fourth-order valence-corrected chi connectivity index (χ4v) is 3.35. The first kappa shape index (κ1) is 13.8. The number of anilines is 1. The predicted octanol–water partition coefficient (Wildman–Crippen LogP) is 1.70. The number of nitrogens with one attached hydrogen (secondary N) is 1. The van der Waals surface area contributed by atoms with E-state index >= 15 is 0 Å². The molecule has 102 valence electrons. The standard InChI is InChI=1S/C13H24N4S/c1-11-12(10-14-2)18-13(15-11)16(3)8-9-17-6-4-5-7-17/h14H,4-10H2,1-3H3. The zero-order chi connectivity index (χ0) is 13.0. The van der Waals surface area contributed by atoms with Gasteiger partial charge in [0.05, 0.1) is 5.69 Å². The van der Waals surface area contributed by atoms with E-state index in [2.05, 4.69) is 34.1 Å². The van der Waals surface area contributed by atoms with Crippen molar-refractivity contribution in [3.05, 3.63) is 10.6 Å². The number of likely N-dealkylation sites (tertiary alicyclic amines) is 1. The molecule has 1 aliphatic heterocycles. The van der Waals surface area contributed by atoms with E-state index in [1.807, 2.05) is 18.4 Å². The molecule has 1 aromatic heterocycles. The van der Waals surface area contributed by atoms with Crippen molar-refractivity contribution in [2.75, 3.05) is 45.2 Å². The minimum Gasteiger partial charge on any atom is -0.350 e. The number of aromatic nitrogens is 1. The smallest absolute Gasteiger partial charge is 0.185 e. The van der Waals surface area contributed by atoms with Crippen LogP contribution in [0.2, 0.25) is 0 Å². The van der Waals surface area contributed by atoms with Crippen LogP contribution in [-0.2, 0) is 6.54 Å². The molecular weight excluding hydrogens is 244 g/mol. The quantitative estimate of drug-likeness (QED) is 0.851. The highest BCUT2D eigenvalue weighted by Gasteiger charge is 2.14. The van der Waals surface area contributed by atoms with E-state index in [1.54, 1.807) is 0 Å². The fraction of sp³-hybridized carbons (Fsp3) is 0.769. The molecule has 0 aliphatic carbocycles. The third-order valence-corrected chi connectivity index (χ3v) is 4.77. The number of rotatable bonds is 6. The van der Waals surface area contributed by atoms with E-state index in [0.29, 0.717) is 0 Å². The summed E-state index contributed by atoms with van der Waals surface area (Å²) in [5.74, 6) is 0. The Morgan fingerprint density at radius 1 is 1.39 bits per heavy atom. The molecule has 1 fully saturated rings. The number of hydrogen-bond acceptors (Lipinski definition) is 5. The van der Waals surface area contributed by atoms with Crippen LogP contribution in [0.25, 0.3) is 0 Å². The van der Waals surface area contributed by atoms with E-state index in [9.17, 15) is 0 Å². The van der Waals surface area contributed by atoms with E-state index in [4.69, 9.17) is 0 Å². The number of likely N-dealkylation sites (N-methyl/N-ethyl adjacent to an activating group) is 1. The Labute approximate surface area is 114 Å². The lowest BCUT2D eigenvalue weighted by atomic mass is 10.4. The molecule has 5 heteroatoms. The first-order chi connectivity index (χ1) is 8.70. The zero-order valence-electron chi connectivity index (χ0n) is 11.7. The summed E-state index contributed by atoms with van der Waals surface area (Å²) in [6.07, 6.45) is 2.73. The summed E-state index contributed by atoms with van der Waals surface area (Å²) >= 11 is 1.81. The second-order valence-corrected chi connectivity index (χ2v) is 6.07. The lowest BCUT2D eigenvalue weighted by Gasteiger charge is -2.20. The molecule has 18 heavy (non-hydrogen) atoms. The first-order valence-electron chi connectivity index (χ1n) is 6.75. The molecule has 0 radical (unpaired) electrons. The summed E-state index contributed by atoms with van der Waals surface area (Å²) in [7, 11) is 4.13. The van der Waals surface area contributed by atoms with Crippen molar-refractivity contribution in [2.24, 2.45) is 0 Å². The molecule has 0 saturated carbocycles. The Morgan fingerprint density at radius 2 is 2.11 bits per heavy atom. The van der Waals surface area contributed by atoms with Crippen LogP contribution in [0.5, 0.6) is 0 Å². The Morgan fingerprint density at radius 3 is 2.78 bits per heavy atom. The van der Waals surface area contributed by atoms with E-state index in [1.165, 1.54) is 30.8 Å². The van der Waals surface area contributed by atoms with Crippen molar-refractivity contribution >= 4 is 16.5 Å². The Bertz CT molecular complexity index is 371. The molecule has 4 nitrogen and oxygen atoms in total. The van der Waals surface area contributed by atoms with Crippen molar-refractivity contribution in [2.45, 2.75) is 26.3 Å². The van der Waals surface area contributed by atoms with Crippen molar-refractivity contribution in [1.82, 2.24) is 15.2 Å². The van der Waals surface area contributed by atoms with Crippen LogP contribution < -0.4 is 10.2 Å². The number of hydrogen-bond donors (Lipinski definition) is 1. The Hall–Kier alpha value is -0.650. The van der Waals surface area contributed by atoms with E-state index < -0.39 is 0 Å². The lowest BCUT2D eigenvalue weighted by Crippen LogP contribution is -2.31. The average Bonchev–Trinajstić information content (AvgIpc) is 2.97. The monoisotopic (exact) mass is 268 g/mol. The van der Waals surface area contributed by atoms with Gasteiger partial charge >= 0.3 is 0 Å². The van der Waals surface area contributed by atoms with Crippen LogP contribution in [0, 0.1) is 6.92 Å². The second kappa shape index (κ2) is 6.50. The highest BCUT2D eigenvalue weighted by molar-refractivity contribution is 7.15. The van der Waals surface area contributed by atoms with Gasteiger partial charge in [-0.05, 0) is 39.9 Å². The van der Waals surface area contributed by atoms with E-state index in [-0.39, 0.29) is 0 Å². The van der Waals surface area contributed by atoms with Gasteiger partial charge in [-0.2, -0.15) is 0 Å². The summed E-state index contributed by atoms with van der Waals surface area (Å²) in [4.78, 5) is 10.8. The molecule has 0 aromatic carbocycles. The zero-order valence-corrected chi connectivity index (χ0v) is 12.5. The fourth-order valence-electron chi connectivity index (χ4n) is 2.29. The van der Waals surface area contributed by atoms with Gasteiger partial charge in [0, 0.05) is 31.6 Å². The molecule has 2 rings (SSSR count). The van der Waals surface area contributed by atoms with Gasteiger partial charge in [0.25, 0.3) is 0 Å². The molecule has 0 spiro atoms. The third-order valence-electron chi connectivity index (χ3n) is 3.50. The number of nitrogens with zero attached hydrogens (tertiary/aromatic N) is 3. The van der Waals surface area contributed by atoms with Gasteiger partial charge < -0.3 is 15.1 Å². The largest absolute Gasteiger partial charge is 0.350 e. The maximum absolute atomic E-state index is 4.66. The maximum Gasteiger partial charge on any atom is 0.185 e. The van der Waals surface area contributed by atoms with Crippen LogP contribution in [0.15, 0.2) is 0 Å². The lowest BCUT2D eigenvalue weighted by molar-refractivity contribution is 0.346. The van der Waals surface area contributed by atoms with Gasteiger partial charge in [-0.15, -0.1) is 11.3 Å². The first-order valence-corrected chi connectivity index (χ1v) is 7.56. The number of thiazole rings is 1. The highest BCUT2D eigenvalue weighted by Crippen LogP contribution is 2.25. The molecule has 0 amide bonds. The topological polar surface area (TPSA) is 31.4 Å². The van der Waals surface area contributed by atoms with Crippen molar-refractivity contribution in [3.8, 4) is 0 Å². The molecule has 1 saturated heterocycles. The third kappa shape index (κ3) is 3.43. The normalized spacial score (nSPS) is 16.4. The molecule has 0 bridgehead atoms. The summed E-state index contributed by atoms with van der Waals surface area (Å²) in [5, 5.41) is 4.35. The average molecular weight is 268 g/mol. The van der Waals surface area contributed by atoms with Gasteiger partial charge in [-0.25, -0.2) is 4.98 Å². The van der Waals surface area contributed by atoms with Crippen molar-refractivity contribution in [1.29, 1.82) is 0 Å². The molecule has 0 unspecified atom stereocenters. The molecule has 1 aromatic rings. The minimum atomic E-state index is 0.920. The second-order valence-electron chi connectivity index (χ2n) is 5.01. The molecular formula is C13H24N4S. The van der Waals surface area contributed by atoms with Crippen LogP contribution in [0.3, 0.4) is 0 Å². The van der Waals surface area contributed by atoms with Crippen LogP contribution in [-0.4, -0.2) is 50.2 Å². The molecule has 0 atom stereocenters. The van der Waals surface area contributed by atoms with Gasteiger partial charge in [0.15, 0.2) is 5.13 Å². The van der Waals surface area contributed by atoms with Gasteiger partial charge in [-0.1, -0.05) is 0 Å². The number of aryl methyl sites for hydroxylation is 1. The van der Waals surface area contributed by atoms with Crippen LogP contribution in [0.4, 0.5) is 5.13 Å². The van der Waals surface area contributed by atoms with Crippen LogP contribution in [0.1, 0.15) is 23.4 Å². The molecule has 2 heterocycles. The van der Waals surface area contributed by atoms with Crippen LogP contribution >= 0.6 is 11.3 Å². The summed E-state index contributed by atoms with van der Waals surface area (Å²) in [5.41, 5.74) is 1.16. The minimum absolute atomic E-state index is 0.920. The van der Waals surface area contributed by atoms with Gasteiger partial charge in [0.1, 0.15) is 0 Å². The summed E-state index contributed by atoms with van der Waals surface area (Å²) in [6, 6.07) is 0. The molecule has 1 aliphatic rings. The maximum atomic E-state index is 4.66. The summed E-state index contributed by atoms with van der Waals surface area (Å²) in [6.45, 7) is 7.80. The summed E-state index contributed by atoms with van der Waals surface area (Å²) < 4.78 is 0. The van der Waals surface area contributed by atoms with E-state index in [0.717, 1.165) is 30.5 Å². The van der Waals surface area contributed by atoms with Gasteiger partial charge in [0.2, 0.25) is 0 Å². The highest BCUT2D eigenvalue weighted by atomic mass is 32.1. The molecule has 1 N–H and O–H groups in total. The van der Waals surface area contributed by atoms with Crippen molar-refractivity contribution in [3.63, 3.8) is 0 Å². The Kier molecular flexibility index (Phi) is 4.97. The SMILES string of the molecule is CNCc1sc(N(C)CCN2CCCC2)nc1C.